The predicted molar refractivity (Wildman–Crippen MR) is 103 cm³/mol. The molecular weight excluding hydrogens is 412 g/mol. The Morgan fingerprint density at radius 1 is 1.22 bits per heavy atom. The molecule has 1 amide bonds. The molecule has 8 heteroatoms. The molecule has 0 bridgehead atoms. The SMILES string of the molecule is COc1cc2c(cc1OC)C(C)N(C(=O)c1cc3ncc(Br)cn3n1)CC2. The van der Waals surface area contributed by atoms with Gasteiger partial charge in [0.25, 0.3) is 5.91 Å². The van der Waals surface area contributed by atoms with Crippen LogP contribution in [-0.2, 0) is 6.42 Å². The van der Waals surface area contributed by atoms with Crippen LogP contribution in [0.4, 0.5) is 0 Å². The number of carbonyl (C=O) groups is 1. The van der Waals surface area contributed by atoms with Crippen LogP contribution in [-0.4, -0.2) is 46.2 Å². The summed E-state index contributed by atoms with van der Waals surface area (Å²) >= 11 is 3.37. The second kappa shape index (κ2) is 6.84. The summed E-state index contributed by atoms with van der Waals surface area (Å²) in [5, 5.41) is 4.39. The van der Waals surface area contributed by atoms with E-state index in [9.17, 15) is 4.79 Å². The monoisotopic (exact) mass is 430 g/mol. The Kier molecular flexibility index (Phi) is 4.51. The Balaban J connectivity index is 1.67. The van der Waals surface area contributed by atoms with E-state index in [1.165, 1.54) is 5.56 Å². The van der Waals surface area contributed by atoms with E-state index in [4.69, 9.17) is 9.47 Å². The molecule has 0 aliphatic carbocycles. The van der Waals surface area contributed by atoms with Crippen molar-refractivity contribution in [2.24, 2.45) is 0 Å². The van der Waals surface area contributed by atoms with Gasteiger partial charge in [0.05, 0.1) is 24.7 Å². The number of amides is 1. The van der Waals surface area contributed by atoms with E-state index >= 15 is 0 Å². The number of methoxy groups -OCH3 is 2. The molecule has 0 fully saturated rings. The minimum atomic E-state index is -0.107. The van der Waals surface area contributed by atoms with Crippen LogP contribution < -0.4 is 9.47 Å². The minimum Gasteiger partial charge on any atom is -0.493 e. The number of rotatable bonds is 3. The molecule has 0 N–H and O–H groups in total. The molecule has 0 radical (unpaired) electrons. The second-order valence-corrected chi connectivity index (χ2v) is 7.35. The summed E-state index contributed by atoms with van der Waals surface area (Å²) in [7, 11) is 3.24. The van der Waals surface area contributed by atoms with Gasteiger partial charge in [-0.1, -0.05) is 0 Å². The van der Waals surface area contributed by atoms with Crippen molar-refractivity contribution < 1.29 is 14.3 Å². The van der Waals surface area contributed by atoms with Gasteiger partial charge in [0, 0.05) is 25.0 Å². The first-order valence-corrected chi connectivity index (χ1v) is 9.38. The molecule has 0 spiro atoms. The third-order valence-electron chi connectivity index (χ3n) is 4.95. The third-order valence-corrected chi connectivity index (χ3v) is 5.36. The molecule has 1 aromatic carbocycles. The predicted octanol–water partition coefficient (Wildman–Crippen LogP) is 3.27. The van der Waals surface area contributed by atoms with E-state index in [-0.39, 0.29) is 11.9 Å². The van der Waals surface area contributed by atoms with Gasteiger partial charge in [-0.25, -0.2) is 9.50 Å². The minimum absolute atomic E-state index is 0.0921. The number of ether oxygens (including phenoxy) is 2. The molecule has 27 heavy (non-hydrogen) atoms. The number of nitrogens with zero attached hydrogens (tertiary/aromatic N) is 4. The smallest absolute Gasteiger partial charge is 0.274 e. The van der Waals surface area contributed by atoms with Gasteiger partial charge in [0.1, 0.15) is 0 Å². The number of carbonyl (C=O) groups excluding carboxylic acids is 1. The van der Waals surface area contributed by atoms with Gasteiger partial charge in [-0.15, -0.1) is 0 Å². The van der Waals surface area contributed by atoms with Gasteiger partial charge in [-0.2, -0.15) is 5.10 Å². The largest absolute Gasteiger partial charge is 0.493 e. The molecule has 1 aliphatic rings. The van der Waals surface area contributed by atoms with Gasteiger partial charge in [-0.05, 0) is 52.5 Å². The van der Waals surface area contributed by atoms with Crippen LogP contribution in [0.3, 0.4) is 0 Å². The molecule has 3 heterocycles. The lowest BCUT2D eigenvalue weighted by molar-refractivity contribution is 0.0670. The maximum Gasteiger partial charge on any atom is 0.274 e. The second-order valence-electron chi connectivity index (χ2n) is 6.44. The molecular formula is C19H19BrN4O3. The number of halogens is 1. The molecule has 1 unspecified atom stereocenters. The van der Waals surface area contributed by atoms with Crippen molar-refractivity contribution in [3.63, 3.8) is 0 Å². The lowest BCUT2D eigenvalue weighted by Gasteiger charge is -2.35. The Morgan fingerprint density at radius 2 is 1.96 bits per heavy atom. The standard InChI is InChI=1S/C19H19BrN4O3/c1-11-14-7-17(27-3)16(26-2)6-12(14)4-5-23(11)19(25)15-8-18-21-9-13(20)10-24(18)22-15/h6-11H,4-5H2,1-3H3. The van der Waals surface area contributed by atoms with Crippen molar-refractivity contribution in [1.29, 1.82) is 0 Å². The molecule has 0 saturated heterocycles. The molecule has 3 aromatic rings. The number of hydrogen-bond donors (Lipinski definition) is 0. The van der Waals surface area contributed by atoms with E-state index < -0.39 is 0 Å². The molecule has 4 rings (SSSR count). The van der Waals surface area contributed by atoms with Gasteiger partial charge < -0.3 is 14.4 Å². The summed E-state index contributed by atoms with van der Waals surface area (Å²) in [6.45, 7) is 2.64. The summed E-state index contributed by atoms with van der Waals surface area (Å²) in [4.78, 5) is 19.2. The van der Waals surface area contributed by atoms with Crippen LogP contribution in [0.25, 0.3) is 5.65 Å². The average Bonchev–Trinajstić information content (AvgIpc) is 3.10. The van der Waals surface area contributed by atoms with Crippen LogP contribution >= 0.6 is 15.9 Å². The van der Waals surface area contributed by atoms with Gasteiger partial charge in [-0.3, -0.25) is 4.79 Å². The fourth-order valence-electron chi connectivity index (χ4n) is 3.53. The van der Waals surface area contributed by atoms with Gasteiger partial charge in [0.15, 0.2) is 22.8 Å². The topological polar surface area (TPSA) is 69.0 Å². The fourth-order valence-corrected chi connectivity index (χ4v) is 3.82. The Hall–Kier alpha value is -2.61. The summed E-state index contributed by atoms with van der Waals surface area (Å²) in [5.41, 5.74) is 3.26. The van der Waals surface area contributed by atoms with Gasteiger partial charge >= 0.3 is 0 Å². The number of fused-ring (bicyclic) bond motifs is 2. The Morgan fingerprint density at radius 3 is 2.70 bits per heavy atom. The van der Waals surface area contributed by atoms with Gasteiger partial charge in [0.2, 0.25) is 0 Å². The highest BCUT2D eigenvalue weighted by Gasteiger charge is 2.31. The Labute approximate surface area is 165 Å². The zero-order chi connectivity index (χ0) is 19.1. The molecule has 2 aromatic heterocycles. The van der Waals surface area contributed by atoms with E-state index in [1.54, 1.807) is 37.2 Å². The van der Waals surface area contributed by atoms with Crippen LogP contribution in [0.5, 0.6) is 11.5 Å². The van der Waals surface area contributed by atoms with E-state index in [1.807, 2.05) is 24.0 Å². The zero-order valence-corrected chi connectivity index (χ0v) is 16.9. The summed E-state index contributed by atoms with van der Waals surface area (Å²) in [6.07, 6.45) is 4.22. The first kappa shape index (κ1) is 17.8. The quantitative estimate of drug-likeness (QED) is 0.637. The third kappa shape index (κ3) is 3.03. The summed E-state index contributed by atoms with van der Waals surface area (Å²) < 4.78 is 13.2. The Bertz CT molecular complexity index is 1030. The normalized spacial score (nSPS) is 16.3. The first-order chi connectivity index (χ1) is 13.0. The van der Waals surface area contributed by atoms with Crippen LogP contribution in [0.15, 0.2) is 35.1 Å². The van der Waals surface area contributed by atoms with Crippen LogP contribution in [0.2, 0.25) is 0 Å². The summed E-state index contributed by atoms with van der Waals surface area (Å²) in [5.74, 6) is 1.27. The molecule has 1 aliphatic heterocycles. The van der Waals surface area contributed by atoms with Crippen molar-refractivity contribution in [3.05, 3.63) is 51.9 Å². The molecule has 1 atom stereocenters. The number of hydrogen-bond acceptors (Lipinski definition) is 5. The van der Waals surface area contributed by atoms with Crippen molar-refractivity contribution in [2.75, 3.05) is 20.8 Å². The maximum atomic E-state index is 13.1. The van der Waals surface area contributed by atoms with Crippen molar-refractivity contribution in [3.8, 4) is 11.5 Å². The average molecular weight is 431 g/mol. The highest BCUT2D eigenvalue weighted by molar-refractivity contribution is 9.10. The lowest BCUT2D eigenvalue weighted by Crippen LogP contribution is -2.39. The highest BCUT2D eigenvalue weighted by atomic mass is 79.9. The first-order valence-electron chi connectivity index (χ1n) is 8.58. The lowest BCUT2D eigenvalue weighted by atomic mass is 9.92. The van der Waals surface area contributed by atoms with E-state index in [0.29, 0.717) is 29.4 Å². The summed E-state index contributed by atoms with van der Waals surface area (Å²) in [6, 6.07) is 5.58. The maximum absolute atomic E-state index is 13.1. The highest BCUT2D eigenvalue weighted by Crippen LogP contribution is 2.38. The number of benzene rings is 1. The molecule has 140 valence electrons. The fraction of sp³-hybridized carbons (Fsp3) is 0.316. The van der Waals surface area contributed by atoms with Crippen LogP contribution in [0.1, 0.15) is 34.6 Å². The van der Waals surface area contributed by atoms with Crippen LogP contribution in [0, 0.1) is 0 Å². The van der Waals surface area contributed by atoms with Crippen molar-refractivity contribution in [1.82, 2.24) is 19.5 Å². The zero-order valence-electron chi connectivity index (χ0n) is 15.3. The van der Waals surface area contributed by atoms with Crippen molar-refractivity contribution in [2.45, 2.75) is 19.4 Å². The van der Waals surface area contributed by atoms with E-state index in [0.717, 1.165) is 16.5 Å². The van der Waals surface area contributed by atoms with Crippen molar-refractivity contribution >= 4 is 27.5 Å². The van der Waals surface area contributed by atoms with E-state index in [2.05, 4.69) is 26.0 Å². The molecule has 0 saturated carbocycles. The molecule has 7 nitrogen and oxygen atoms in total. The number of aromatic nitrogens is 3.